The van der Waals surface area contributed by atoms with Gasteiger partial charge in [-0.25, -0.2) is 14.8 Å². The first-order valence-corrected chi connectivity index (χ1v) is 15.7. The largest absolute Gasteiger partial charge is 0.496 e. The van der Waals surface area contributed by atoms with Gasteiger partial charge in [-0.3, -0.25) is 9.59 Å². The lowest BCUT2D eigenvalue weighted by Crippen LogP contribution is -2.53. The predicted molar refractivity (Wildman–Crippen MR) is 162 cm³/mol. The van der Waals surface area contributed by atoms with Crippen LogP contribution in [0, 0.1) is 12.8 Å². The zero-order valence-electron chi connectivity index (χ0n) is 24.4. The number of ether oxygens (including phenoxy) is 2. The summed E-state index contributed by atoms with van der Waals surface area (Å²) < 4.78 is 12.1. The number of carboxylic acid groups (broad SMARTS) is 1. The Balaban J connectivity index is 1.31. The minimum Gasteiger partial charge on any atom is -0.496 e. The van der Waals surface area contributed by atoms with E-state index in [4.69, 9.17) is 14.5 Å². The zero-order valence-corrected chi connectivity index (χ0v) is 25.2. The van der Waals surface area contributed by atoms with Gasteiger partial charge in [0.2, 0.25) is 11.8 Å². The molecule has 2 fully saturated rings. The molecule has 4 atom stereocenters. The maximum Gasteiger partial charge on any atom is 0.330 e. The number of nitrogens with one attached hydrogen (secondary N) is 1. The van der Waals surface area contributed by atoms with Gasteiger partial charge in [-0.05, 0) is 44.7 Å². The molecule has 2 amide bonds. The quantitative estimate of drug-likeness (QED) is 0.394. The van der Waals surface area contributed by atoms with Crippen LogP contribution in [0.15, 0.2) is 41.9 Å². The molecule has 2 aromatic heterocycles. The van der Waals surface area contributed by atoms with Crippen LogP contribution in [0.3, 0.4) is 0 Å². The first-order chi connectivity index (χ1) is 20.8. The van der Waals surface area contributed by atoms with Crippen LogP contribution in [0.2, 0.25) is 0 Å². The van der Waals surface area contributed by atoms with E-state index in [1.807, 2.05) is 42.7 Å². The number of pyridine rings is 1. The summed E-state index contributed by atoms with van der Waals surface area (Å²) in [5.74, 6) is -0.583. The highest BCUT2D eigenvalue weighted by Gasteiger charge is 2.61. The summed E-state index contributed by atoms with van der Waals surface area (Å²) in [6.45, 7) is 2.17. The van der Waals surface area contributed by atoms with E-state index >= 15 is 0 Å². The van der Waals surface area contributed by atoms with Gasteiger partial charge >= 0.3 is 5.97 Å². The normalized spacial score (nSPS) is 26.2. The third-order valence-corrected chi connectivity index (χ3v) is 9.62. The van der Waals surface area contributed by atoms with Crippen molar-refractivity contribution in [2.24, 2.45) is 5.92 Å². The minimum absolute atomic E-state index is 0.111. The Labute approximate surface area is 254 Å². The van der Waals surface area contributed by atoms with E-state index in [0.29, 0.717) is 30.0 Å². The molecule has 226 valence electrons. The molecular formula is C32H36N4O6S. The minimum atomic E-state index is -1.33. The summed E-state index contributed by atoms with van der Waals surface area (Å²) in [6.07, 6.45) is 10.6. The van der Waals surface area contributed by atoms with Crippen LogP contribution < -0.4 is 14.8 Å². The number of aliphatic carboxylic acids is 1. The van der Waals surface area contributed by atoms with Crippen molar-refractivity contribution in [3.63, 3.8) is 0 Å². The fourth-order valence-electron chi connectivity index (χ4n) is 6.31. The average Bonchev–Trinajstić information content (AvgIpc) is 3.32. The van der Waals surface area contributed by atoms with Crippen molar-refractivity contribution in [2.75, 3.05) is 13.7 Å². The van der Waals surface area contributed by atoms with Crippen LogP contribution in [-0.2, 0) is 14.4 Å². The van der Waals surface area contributed by atoms with E-state index in [1.165, 1.54) is 11.3 Å². The van der Waals surface area contributed by atoms with E-state index < -0.39 is 29.6 Å². The molecule has 0 bridgehead atoms. The molecule has 1 aromatic carbocycles. The number of carboxylic acids is 1. The molecule has 6 rings (SSSR count). The van der Waals surface area contributed by atoms with E-state index in [0.717, 1.165) is 53.6 Å². The first-order valence-electron chi connectivity index (χ1n) is 14.9. The van der Waals surface area contributed by atoms with E-state index in [1.54, 1.807) is 18.2 Å². The molecule has 10 nitrogen and oxygen atoms in total. The first kappa shape index (κ1) is 29.1. The number of carbonyl (C=O) groups excluding carboxylic acids is 2. The molecular weight excluding hydrogens is 568 g/mol. The van der Waals surface area contributed by atoms with Crippen LogP contribution in [0.1, 0.15) is 56.9 Å². The number of amides is 2. The lowest BCUT2D eigenvalue weighted by atomic mass is 10.1. The monoisotopic (exact) mass is 604 g/mol. The molecule has 4 heterocycles. The second kappa shape index (κ2) is 11.9. The Kier molecular flexibility index (Phi) is 8.09. The van der Waals surface area contributed by atoms with Crippen LogP contribution in [0.5, 0.6) is 11.5 Å². The predicted octanol–water partition coefficient (Wildman–Crippen LogP) is 4.89. The Morgan fingerprint density at radius 3 is 2.79 bits per heavy atom. The van der Waals surface area contributed by atoms with Crippen molar-refractivity contribution in [1.82, 2.24) is 20.2 Å². The maximum absolute atomic E-state index is 13.7. The van der Waals surface area contributed by atoms with E-state index in [9.17, 15) is 19.5 Å². The van der Waals surface area contributed by atoms with Crippen LogP contribution >= 0.6 is 11.3 Å². The van der Waals surface area contributed by atoms with Crippen molar-refractivity contribution >= 4 is 40.0 Å². The summed E-state index contributed by atoms with van der Waals surface area (Å²) in [5.41, 5.74) is 0.914. The highest BCUT2D eigenvalue weighted by Crippen LogP contribution is 2.45. The van der Waals surface area contributed by atoms with Gasteiger partial charge in [-0.1, -0.05) is 25.0 Å². The van der Waals surface area contributed by atoms with Gasteiger partial charge in [0.05, 0.1) is 19.2 Å². The van der Waals surface area contributed by atoms with Crippen LogP contribution in [0.25, 0.3) is 21.6 Å². The van der Waals surface area contributed by atoms with Crippen molar-refractivity contribution in [3.05, 3.63) is 47.5 Å². The summed E-state index contributed by atoms with van der Waals surface area (Å²) in [4.78, 5) is 50.3. The molecule has 0 spiro atoms. The number of aryl methyl sites for hydroxylation is 1. The fraction of sp³-hybridized carbons (Fsp3) is 0.469. The summed E-state index contributed by atoms with van der Waals surface area (Å²) in [6, 6.07) is 4.80. The third kappa shape index (κ3) is 5.70. The average molecular weight is 605 g/mol. The van der Waals surface area contributed by atoms with Crippen LogP contribution in [0.4, 0.5) is 0 Å². The number of fused-ring (bicyclic) bond motifs is 3. The maximum atomic E-state index is 13.7. The Morgan fingerprint density at radius 2 is 2.02 bits per heavy atom. The second-order valence-electron chi connectivity index (χ2n) is 11.6. The molecule has 1 saturated heterocycles. The molecule has 1 aliphatic carbocycles. The highest BCUT2D eigenvalue weighted by molar-refractivity contribution is 7.13. The van der Waals surface area contributed by atoms with Crippen molar-refractivity contribution in [1.29, 1.82) is 0 Å². The molecule has 1 saturated carbocycles. The number of nitrogens with zero attached hydrogens (tertiary/aromatic N) is 3. The van der Waals surface area contributed by atoms with E-state index in [2.05, 4.69) is 10.3 Å². The number of allylic oxidation sites excluding steroid dienone is 1. The number of hydrogen-bond acceptors (Lipinski definition) is 8. The number of benzene rings is 1. The van der Waals surface area contributed by atoms with Crippen LogP contribution in [-0.4, -0.2) is 69.1 Å². The number of aromatic nitrogens is 2. The number of rotatable bonds is 5. The van der Waals surface area contributed by atoms with Crippen molar-refractivity contribution < 1.29 is 29.0 Å². The molecule has 43 heavy (non-hydrogen) atoms. The number of hydrogen-bond donors (Lipinski definition) is 2. The van der Waals surface area contributed by atoms with Crippen molar-refractivity contribution in [2.45, 2.75) is 76.0 Å². The highest BCUT2D eigenvalue weighted by atomic mass is 32.1. The number of thiazole rings is 1. The van der Waals surface area contributed by atoms with Crippen molar-refractivity contribution in [3.8, 4) is 22.2 Å². The second-order valence-corrected chi connectivity index (χ2v) is 12.5. The van der Waals surface area contributed by atoms with Gasteiger partial charge in [0.1, 0.15) is 39.9 Å². The topological polar surface area (TPSA) is 131 Å². The lowest BCUT2D eigenvalue weighted by Gasteiger charge is -2.25. The molecule has 0 unspecified atom stereocenters. The van der Waals surface area contributed by atoms with Gasteiger partial charge in [-0.2, -0.15) is 0 Å². The smallest absolute Gasteiger partial charge is 0.330 e. The Bertz CT molecular complexity index is 1570. The molecule has 2 N–H and O–H groups in total. The summed E-state index contributed by atoms with van der Waals surface area (Å²) in [7, 11) is 1.62. The molecule has 3 aliphatic rings. The zero-order chi connectivity index (χ0) is 30.1. The Hall–Kier alpha value is -3.99. The summed E-state index contributed by atoms with van der Waals surface area (Å²) >= 11 is 1.47. The third-order valence-electron chi connectivity index (χ3n) is 8.82. The number of carbonyl (C=O) groups is 3. The summed E-state index contributed by atoms with van der Waals surface area (Å²) in [5, 5.41) is 16.3. The van der Waals surface area contributed by atoms with E-state index in [-0.39, 0.29) is 24.8 Å². The van der Waals surface area contributed by atoms with Gasteiger partial charge in [0.25, 0.3) is 0 Å². The van der Waals surface area contributed by atoms with Gasteiger partial charge in [-0.15, -0.1) is 11.3 Å². The molecule has 3 aromatic rings. The molecule has 11 heteroatoms. The fourth-order valence-corrected chi connectivity index (χ4v) is 6.90. The van der Waals surface area contributed by atoms with Gasteiger partial charge < -0.3 is 24.8 Å². The SMILES string of the molecule is COc1ccc2c(O[C@@H]3C[C@H]4C(=O)N[C@]5(C(=O)O)C[C@H]5C=CCCCCCCC(=O)N4C3)cc(-c3nccs3)nc2c1C. The van der Waals surface area contributed by atoms with Gasteiger partial charge in [0.15, 0.2) is 0 Å². The Morgan fingerprint density at radius 1 is 1.19 bits per heavy atom. The number of methoxy groups -OCH3 is 1. The lowest BCUT2D eigenvalue weighted by molar-refractivity contribution is -0.145. The molecule has 0 radical (unpaired) electrons. The molecule has 2 aliphatic heterocycles. The van der Waals surface area contributed by atoms with Gasteiger partial charge in [0, 0.05) is 47.4 Å². The standard InChI is InChI=1S/C32H36N4O6S/c1-19-25(41-2)12-11-22-26(16-23(34-28(19)22)30-33-13-14-43-30)42-21-15-24-29(38)35-32(31(39)40)17-20(32)9-7-5-3-4-6-8-10-27(37)36(24)18-21/h7,9,11-14,16,20-21,24H,3-6,8,10,15,17-18H2,1-2H3,(H,35,38)(H,39,40)/t20-,21-,24+,32-/m1/s1.